The Labute approximate surface area is 115 Å². The van der Waals surface area contributed by atoms with E-state index in [-0.39, 0.29) is 0 Å². The van der Waals surface area contributed by atoms with Gasteiger partial charge in [-0.25, -0.2) is 0 Å². The SMILES string of the molecule is CCc1cccc2c(C3CCNCC3CC)c[nH]c12. The summed E-state index contributed by atoms with van der Waals surface area (Å²) in [5, 5.41) is 4.99. The van der Waals surface area contributed by atoms with Gasteiger partial charge < -0.3 is 10.3 Å². The van der Waals surface area contributed by atoms with Crippen LogP contribution >= 0.6 is 0 Å². The Kier molecular flexibility index (Phi) is 3.61. The molecule has 102 valence electrons. The summed E-state index contributed by atoms with van der Waals surface area (Å²) in [6.45, 7) is 6.87. The van der Waals surface area contributed by atoms with Gasteiger partial charge in [0, 0.05) is 17.1 Å². The van der Waals surface area contributed by atoms with Gasteiger partial charge in [-0.2, -0.15) is 0 Å². The Bertz CT molecular complexity index is 555. The highest BCUT2D eigenvalue weighted by Gasteiger charge is 2.27. The number of aromatic amines is 1. The topological polar surface area (TPSA) is 27.8 Å². The first-order valence-corrected chi connectivity index (χ1v) is 7.64. The van der Waals surface area contributed by atoms with Crippen LogP contribution in [-0.2, 0) is 6.42 Å². The van der Waals surface area contributed by atoms with Crippen LogP contribution in [0, 0.1) is 5.92 Å². The van der Waals surface area contributed by atoms with Crippen molar-refractivity contribution in [1.82, 2.24) is 10.3 Å². The van der Waals surface area contributed by atoms with Crippen LogP contribution < -0.4 is 5.32 Å². The Morgan fingerprint density at radius 3 is 2.95 bits per heavy atom. The Hall–Kier alpha value is -1.28. The van der Waals surface area contributed by atoms with Crippen LogP contribution in [0.5, 0.6) is 0 Å². The summed E-state index contributed by atoms with van der Waals surface area (Å²) in [6, 6.07) is 6.73. The van der Waals surface area contributed by atoms with Crippen molar-refractivity contribution in [3.8, 4) is 0 Å². The van der Waals surface area contributed by atoms with Crippen molar-refractivity contribution < 1.29 is 0 Å². The van der Waals surface area contributed by atoms with Crippen molar-refractivity contribution in [3.63, 3.8) is 0 Å². The number of aromatic nitrogens is 1. The van der Waals surface area contributed by atoms with E-state index in [0.29, 0.717) is 5.92 Å². The number of para-hydroxylation sites is 1. The zero-order chi connectivity index (χ0) is 13.2. The summed E-state index contributed by atoms with van der Waals surface area (Å²) in [4.78, 5) is 3.53. The van der Waals surface area contributed by atoms with E-state index in [0.717, 1.165) is 18.9 Å². The molecule has 0 saturated carbocycles. The zero-order valence-electron chi connectivity index (χ0n) is 12.0. The Balaban J connectivity index is 2.05. The second-order valence-electron chi connectivity index (χ2n) is 5.70. The van der Waals surface area contributed by atoms with Crippen LogP contribution in [0.2, 0.25) is 0 Å². The van der Waals surface area contributed by atoms with E-state index in [4.69, 9.17) is 0 Å². The fourth-order valence-electron chi connectivity index (χ4n) is 3.60. The average molecular weight is 256 g/mol. The summed E-state index contributed by atoms with van der Waals surface area (Å²) in [7, 11) is 0. The molecular weight excluding hydrogens is 232 g/mol. The molecule has 2 heteroatoms. The molecule has 19 heavy (non-hydrogen) atoms. The number of fused-ring (bicyclic) bond motifs is 1. The predicted molar refractivity (Wildman–Crippen MR) is 81.7 cm³/mol. The molecule has 0 radical (unpaired) electrons. The molecule has 2 nitrogen and oxygen atoms in total. The zero-order valence-corrected chi connectivity index (χ0v) is 12.0. The monoisotopic (exact) mass is 256 g/mol. The molecule has 0 spiro atoms. The summed E-state index contributed by atoms with van der Waals surface area (Å²) < 4.78 is 0. The lowest BCUT2D eigenvalue weighted by molar-refractivity contribution is 0.319. The predicted octanol–water partition coefficient (Wildman–Crippen LogP) is 3.83. The standard InChI is InChI=1S/C17H24N2/c1-3-12-6-5-7-15-16(11-19-17(12)15)14-8-9-18-10-13(14)4-2/h5-7,11,13-14,18-19H,3-4,8-10H2,1-2H3. The van der Waals surface area contributed by atoms with Gasteiger partial charge in [-0.1, -0.05) is 38.5 Å². The molecule has 2 N–H and O–H groups in total. The van der Waals surface area contributed by atoms with Crippen LogP contribution in [-0.4, -0.2) is 18.1 Å². The van der Waals surface area contributed by atoms with Gasteiger partial charge in [0.25, 0.3) is 0 Å². The smallest absolute Gasteiger partial charge is 0.0489 e. The van der Waals surface area contributed by atoms with Gasteiger partial charge in [0.1, 0.15) is 0 Å². The molecule has 2 aromatic rings. The molecule has 1 aliphatic rings. The highest BCUT2D eigenvalue weighted by molar-refractivity contribution is 5.86. The third-order valence-corrected chi connectivity index (χ3v) is 4.75. The van der Waals surface area contributed by atoms with E-state index in [2.05, 4.69) is 48.5 Å². The largest absolute Gasteiger partial charge is 0.361 e. The summed E-state index contributed by atoms with van der Waals surface area (Å²) >= 11 is 0. The minimum Gasteiger partial charge on any atom is -0.361 e. The van der Waals surface area contributed by atoms with E-state index >= 15 is 0 Å². The fourth-order valence-corrected chi connectivity index (χ4v) is 3.60. The van der Waals surface area contributed by atoms with Gasteiger partial charge in [-0.15, -0.1) is 0 Å². The highest BCUT2D eigenvalue weighted by atomic mass is 14.9. The third kappa shape index (κ3) is 2.18. The number of piperidine rings is 1. The first-order valence-electron chi connectivity index (χ1n) is 7.64. The number of hydrogen-bond donors (Lipinski definition) is 2. The van der Waals surface area contributed by atoms with Crippen LogP contribution in [0.1, 0.15) is 43.7 Å². The molecule has 1 aromatic carbocycles. The van der Waals surface area contributed by atoms with Gasteiger partial charge in [-0.3, -0.25) is 0 Å². The third-order valence-electron chi connectivity index (χ3n) is 4.75. The maximum absolute atomic E-state index is 3.54. The number of aryl methyl sites for hydroxylation is 1. The van der Waals surface area contributed by atoms with Crippen LogP contribution in [0.25, 0.3) is 10.9 Å². The molecule has 3 rings (SSSR count). The molecule has 0 bridgehead atoms. The van der Waals surface area contributed by atoms with Crippen molar-refractivity contribution in [2.45, 2.75) is 39.0 Å². The number of rotatable bonds is 3. The van der Waals surface area contributed by atoms with Crippen LogP contribution in [0.3, 0.4) is 0 Å². The highest BCUT2D eigenvalue weighted by Crippen LogP contribution is 2.37. The van der Waals surface area contributed by atoms with Gasteiger partial charge in [-0.05, 0) is 48.9 Å². The van der Waals surface area contributed by atoms with E-state index in [9.17, 15) is 0 Å². The number of benzene rings is 1. The molecule has 1 aromatic heterocycles. The second-order valence-corrected chi connectivity index (χ2v) is 5.70. The molecule has 2 heterocycles. The maximum Gasteiger partial charge on any atom is 0.0489 e. The van der Waals surface area contributed by atoms with E-state index in [1.54, 1.807) is 5.56 Å². The number of nitrogens with one attached hydrogen (secondary N) is 2. The van der Waals surface area contributed by atoms with E-state index < -0.39 is 0 Å². The van der Waals surface area contributed by atoms with E-state index in [1.165, 1.54) is 35.9 Å². The van der Waals surface area contributed by atoms with Crippen molar-refractivity contribution in [2.24, 2.45) is 5.92 Å². The van der Waals surface area contributed by atoms with Crippen molar-refractivity contribution in [3.05, 3.63) is 35.5 Å². The van der Waals surface area contributed by atoms with Gasteiger partial charge in [0.05, 0.1) is 0 Å². The fraction of sp³-hybridized carbons (Fsp3) is 0.529. The first-order chi connectivity index (χ1) is 9.35. The molecule has 2 atom stereocenters. The number of H-pyrrole nitrogens is 1. The molecule has 0 aliphatic carbocycles. The summed E-state index contributed by atoms with van der Waals surface area (Å²) in [6.07, 6.45) is 5.89. The van der Waals surface area contributed by atoms with Crippen molar-refractivity contribution >= 4 is 10.9 Å². The van der Waals surface area contributed by atoms with Crippen LogP contribution in [0.15, 0.2) is 24.4 Å². The molecule has 0 amide bonds. The Morgan fingerprint density at radius 2 is 2.16 bits per heavy atom. The summed E-state index contributed by atoms with van der Waals surface area (Å²) in [5.41, 5.74) is 4.33. The van der Waals surface area contributed by atoms with Crippen molar-refractivity contribution in [2.75, 3.05) is 13.1 Å². The average Bonchev–Trinajstić information content (AvgIpc) is 2.90. The minimum absolute atomic E-state index is 0.715. The lowest BCUT2D eigenvalue weighted by atomic mass is 9.79. The summed E-state index contributed by atoms with van der Waals surface area (Å²) in [5.74, 6) is 1.49. The molecule has 1 saturated heterocycles. The Morgan fingerprint density at radius 1 is 1.26 bits per heavy atom. The maximum atomic E-state index is 3.54. The first kappa shape index (κ1) is 12.7. The van der Waals surface area contributed by atoms with Gasteiger partial charge in [0.15, 0.2) is 0 Å². The molecular formula is C17H24N2. The molecule has 2 unspecified atom stereocenters. The lowest BCUT2D eigenvalue weighted by Crippen LogP contribution is -2.34. The molecule has 1 fully saturated rings. The molecule has 1 aliphatic heterocycles. The number of hydrogen-bond acceptors (Lipinski definition) is 1. The normalized spacial score (nSPS) is 23.9. The minimum atomic E-state index is 0.715. The lowest BCUT2D eigenvalue weighted by Gasteiger charge is -2.31. The van der Waals surface area contributed by atoms with Crippen LogP contribution in [0.4, 0.5) is 0 Å². The quantitative estimate of drug-likeness (QED) is 0.858. The second kappa shape index (κ2) is 5.38. The van der Waals surface area contributed by atoms with Gasteiger partial charge >= 0.3 is 0 Å². The van der Waals surface area contributed by atoms with Gasteiger partial charge in [0.2, 0.25) is 0 Å². The van der Waals surface area contributed by atoms with Crippen molar-refractivity contribution in [1.29, 1.82) is 0 Å². The van der Waals surface area contributed by atoms with E-state index in [1.807, 2.05) is 0 Å².